The number of nitrogens with zero attached hydrogens (tertiary/aromatic N) is 1. The Morgan fingerprint density at radius 3 is 2.39 bits per heavy atom. The molecule has 1 atom stereocenters. The van der Waals surface area contributed by atoms with Gasteiger partial charge in [0.2, 0.25) is 0 Å². The Morgan fingerprint density at radius 1 is 1.22 bits per heavy atom. The van der Waals surface area contributed by atoms with Crippen molar-refractivity contribution in [2.75, 3.05) is 0 Å². The van der Waals surface area contributed by atoms with Gasteiger partial charge in [-0.05, 0) is 43.2 Å². The number of hydrogen-bond donors (Lipinski definition) is 1. The summed E-state index contributed by atoms with van der Waals surface area (Å²) in [4.78, 5) is 12.3. The van der Waals surface area contributed by atoms with Crippen LogP contribution in [-0.2, 0) is 6.42 Å². The highest BCUT2D eigenvalue weighted by molar-refractivity contribution is 6.39. The van der Waals surface area contributed by atoms with E-state index in [1.165, 1.54) is 0 Å². The number of hydrogen-bond acceptors (Lipinski definition) is 3. The first kappa shape index (κ1) is 17.1. The first-order valence-electron chi connectivity index (χ1n) is 6.91. The van der Waals surface area contributed by atoms with Crippen molar-refractivity contribution >= 4 is 29.1 Å². The second-order valence-corrected chi connectivity index (χ2v) is 5.83. The number of rotatable bonds is 5. The van der Waals surface area contributed by atoms with Crippen LogP contribution in [0.1, 0.15) is 22.8 Å². The first-order valence-corrected chi connectivity index (χ1v) is 7.66. The van der Waals surface area contributed by atoms with Crippen LogP contribution in [0, 0.1) is 11.5 Å². The highest BCUT2D eigenvalue weighted by Gasteiger charge is 2.16. The molecule has 2 aromatic carbocycles. The van der Waals surface area contributed by atoms with Crippen molar-refractivity contribution in [1.29, 1.82) is 5.26 Å². The summed E-state index contributed by atoms with van der Waals surface area (Å²) in [5.74, 6) is 0.174. The van der Waals surface area contributed by atoms with Crippen molar-refractivity contribution in [3.63, 3.8) is 0 Å². The Labute approximate surface area is 144 Å². The standard InChI is InChI=1S/C17H14Cl2N2O2/c1-11(9-12-5-7-13(8-6-12)23-10-20)21-17(22)16-14(18)3-2-4-15(16)19/h2-8,11H,9H2,1H3,(H,21,22). The number of carbonyl (C=O) groups excluding carboxylic acids is 1. The molecule has 2 aromatic rings. The average Bonchev–Trinajstić information content (AvgIpc) is 2.49. The van der Waals surface area contributed by atoms with E-state index in [-0.39, 0.29) is 17.5 Å². The zero-order valence-corrected chi connectivity index (χ0v) is 13.9. The summed E-state index contributed by atoms with van der Waals surface area (Å²) in [5, 5.41) is 12.0. The van der Waals surface area contributed by atoms with Gasteiger partial charge in [0, 0.05) is 6.04 Å². The molecule has 1 unspecified atom stereocenters. The fourth-order valence-corrected chi connectivity index (χ4v) is 2.73. The molecule has 0 fully saturated rings. The smallest absolute Gasteiger partial charge is 0.292 e. The van der Waals surface area contributed by atoms with E-state index < -0.39 is 0 Å². The van der Waals surface area contributed by atoms with E-state index >= 15 is 0 Å². The van der Waals surface area contributed by atoms with Crippen molar-refractivity contribution < 1.29 is 9.53 Å². The van der Waals surface area contributed by atoms with Gasteiger partial charge in [-0.1, -0.05) is 41.4 Å². The third-order valence-corrected chi connectivity index (χ3v) is 3.83. The Bertz CT molecular complexity index is 719. The van der Waals surface area contributed by atoms with Crippen LogP contribution >= 0.6 is 23.2 Å². The van der Waals surface area contributed by atoms with E-state index in [9.17, 15) is 4.79 Å². The van der Waals surface area contributed by atoms with Crippen molar-refractivity contribution in [1.82, 2.24) is 5.32 Å². The number of nitriles is 1. The van der Waals surface area contributed by atoms with Crippen molar-refractivity contribution in [2.45, 2.75) is 19.4 Å². The molecular weight excluding hydrogens is 335 g/mol. The van der Waals surface area contributed by atoms with Crippen LogP contribution in [0.4, 0.5) is 0 Å². The molecule has 2 rings (SSSR count). The minimum Gasteiger partial charge on any atom is -0.388 e. The van der Waals surface area contributed by atoms with Crippen LogP contribution in [0.2, 0.25) is 10.0 Å². The van der Waals surface area contributed by atoms with Gasteiger partial charge < -0.3 is 10.1 Å². The fraction of sp³-hybridized carbons (Fsp3) is 0.176. The highest BCUT2D eigenvalue weighted by Crippen LogP contribution is 2.24. The molecule has 23 heavy (non-hydrogen) atoms. The summed E-state index contributed by atoms with van der Waals surface area (Å²) >= 11 is 12.1. The highest BCUT2D eigenvalue weighted by atomic mass is 35.5. The van der Waals surface area contributed by atoms with Crippen LogP contribution in [-0.4, -0.2) is 11.9 Å². The van der Waals surface area contributed by atoms with Crippen molar-refractivity contribution in [2.24, 2.45) is 0 Å². The molecule has 4 nitrogen and oxygen atoms in total. The summed E-state index contributed by atoms with van der Waals surface area (Å²) < 4.78 is 4.72. The minimum absolute atomic E-state index is 0.113. The summed E-state index contributed by atoms with van der Waals surface area (Å²) in [6.07, 6.45) is 2.24. The normalized spacial score (nSPS) is 11.4. The maximum absolute atomic E-state index is 12.3. The van der Waals surface area contributed by atoms with E-state index in [0.29, 0.717) is 22.2 Å². The predicted molar refractivity (Wildman–Crippen MR) is 89.8 cm³/mol. The SMILES string of the molecule is CC(Cc1ccc(OC#N)cc1)NC(=O)c1c(Cl)cccc1Cl. The van der Waals surface area contributed by atoms with E-state index in [1.54, 1.807) is 36.6 Å². The molecule has 0 heterocycles. The predicted octanol–water partition coefficient (Wildman–Crippen LogP) is 4.21. The van der Waals surface area contributed by atoms with Crippen molar-refractivity contribution in [3.8, 4) is 12.0 Å². The van der Waals surface area contributed by atoms with Crippen molar-refractivity contribution in [3.05, 3.63) is 63.6 Å². The summed E-state index contributed by atoms with van der Waals surface area (Å²) in [6, 6.07) is 11.9. The van der Waals surface area contributed by atoms with E-state index in [2.05, 4.69) is 5.32 Å². The molecule has 0 aliphatic heterocycles. The van der Waals surface area contributed by atoms with Crippen LogP contribution in [0.3, 0.4) is 0 Å². The third kappa shape index (κ3) is 4.62. The molecule has 0 spiro atoms. The molecule has 1 amide bonds. The van der Waals surface area contributed by atoms with Gasteiger partial charge in [0.1, 0.15) is 5.75 Å². The number of halogens is 2. The van der Waals surface area contributed by atoms with Gasteiger partial charge in [-0.2, -0.15) is 0 Å². The first-order chi connectivity index (χ1) is 11.0. The van der Waals surface area contributed by atoms with Crippen LogP contribution in [0.25, 0.3) is 0 Å². The van der Waals surface area contributed by atoms with Gasteiger partial charge in [0.15, 0.2) is 0 Å². The average molecular weight is 349 g/mol. The number of nitrogens with one attached hydrogen (secondary N) is 1. The second kappa shape index (κ2) is 7.87. The largest absolute Gasteiger partial charge is 0.388 e. The topological polar surface area (TPSA) is 62.1 Å². The molecule has 0 saturated heterocycles. The maximum atomic E-state index is 12.3. The third-order valence-electron chi connectivity index (χ3n) is 3.20. The minimum atomic E-state index is -0.308. The van der Waals surface area contributed by atoms with Crippen LogP contribution < -0.4 is 10.1 Å². The molecule has 6 heteroatoms. The molecule has 1 N–H and O–H groups in total. The Morgan fingerprint density at radius 2 is 1.83 bits per heavy atom. The summed E-state index contributed by atoms with van der Waals surface area (Å²) in [5.41, 5.74) is 1.29. The van der Waals surface area contributed by atoms with Crippen LogP contribution in [0.5, 0.6) is 5.75 Å². The number of carbonyl (C=O) groups is 1. The van der Waals surface area contributed by atoms with E-state index in [4.69, 9.17) is 33.2 Å². The lowest BCUT2D eigenvalue weighted by molar-refractivity contribution is 0.0940. The Hall–Kier alpha value is -2.22. The molecule has 0 aromatic heterocycles. The lowest BCUT2D eigenvalue weighted by Crippen LogP contribution is -2.34. The molecule has 0 aliphatic rings. The molecule has 118 valence electrons. The van der Waals surface area contributed by atoms with Gasteiger partial charge in [-0.3, -0.25) is 4.79 Å². The maximum Gasteiger partial charge on any atom is 0.292 e. The zero-order valence-electron chi connectivity index (χ0n) is 12.3. The number of ether oxygens (including phenoxy) is 1. The van der Waals surface area contributed by atoms with E-state index in [1.807, 2.05) is 19.1 Å². The van der Waals surface area contributed by atoms with Crippen LogP contribution in [0.15, 0.2) is 42.5 Å². The number of amides is 1. The zero-order chi connectivity index (χ0) is 16.8. The second-order valence-electron chi connectivity index (χ2n) is 5.01. The van der Waals surface area contributed by atoms with Gasteiger partial charge in [0.05, 0.1) is 15.6 Å². The van der Waals surface area contributed by atoms with Gasteiger partial charge in [-0.25, -0.2) is 0 Å². The molecule has 0 aliphatic carbocycles. The Kier molecular flexibility index (Phi) is 5.86. The van der Waals surface area contributed by atoms with Gasteiger partial charge in [-0.15, -0.1) is 5.26 Å². The van der Waals surface area contributed by atoms with Gasteiger partial charge in [0.25, 0.3) is 12.2 Å². The molecule has 0 bridgehead atoms. The van der Waals surface area contributed by atoms with Gasteiger partial charge >= 0.3 is 0 Å². The summed E-state index contributed by atoms with van der Waals surface area (Å²) in [7, 11) is 0. The molecular formula is C17H14Cl2N2O2. The quantitative estimate of drug-likeness (QED) is 0.823. The monoisotopic (exact) mass is 348 g/mol. The lowest BCUT2D eigenvalue weighted by Gasteiger charge is -2.15. The molecule has 0 saturated carbocycles. The lowest BCUT2D eigenvalue weighted by atomic mass is 10.1. The summed E-state index contributed by atoms with van der Waals surface area (Å²) in [6.45, 7) is 1.89. The fourth-order valence-electron chi connectivity index (χ4n) is 2.16. The Balaban J connectivity index is 2.00. The molecule has 0 radical (unpaired) electrons. The van der Waals surface area contributed by atoms with E-state index in [0.717, 1.165) is 5.56 Å². The number of benzene rings is 2.